The molecule has 0 bridgehead atoms. The number of hydrogen-bond donors (Lipinski definition) is 1. The van der Waals surface area contributed by atoms with Crippen molar-refractivity contribution in [1.82, 2.24) is 19.9 Å². The van der Waals surface area contributed by atoms with Gasteiger partial charge >= 0.3 is 5.97 Å². The Morgan fingerprint density at radius 2 is 2.00 bits per heavy atom. The number of carboxylic acids is 1. The molecule has 1 aromatic carbocycles. The minimum atomic E-state index is -1.20. The van der Waals surface area contributed by atoms with Crippen molar-refractivity contribution in [2.75, 3.05) is 38.1 Å². The molecule has 10 nitrogen and oxygen atoms in total. The van der Waals surface area contributed by atoms with Crippen LogP contribution >= 0.6 is 0 Å². The van der Waals surface area contributed by atoms with Gasteiger partial charge in [-0.3, -0.25) is 10.1 Å². The van der Waals surface area contributed by atoms with Crippen LogP contribution in [0.2, 0.25) is 0 Å². The number of aromatic carboxylic acids is 1. The predicted molar refractivity (Wildman–Crippen MR) is 84.7 cm³/mol. The molecule has 0 radical (unpaired) electrons. The van der Waals surface area contributed by atoms with Crippen molar-refractivity contribution in [2.24, 2.45) is 0 Å². The Kier molecular flexibility index (Phi) is 4.13. The van der Waals surface area contributed by atoms with Crippen LogP contribution in [0.4, 0.5) is 11.4 Å². The number of aromatic nitrogens is 3. The highest BCUT2D eigenvalue weighted by molar-refractivity contribution is 5.84. The van der Waals surface area contributed by atoms with E-state index in [1.54, 1.807) is 12.1 Å². The molecule has 1 aromatic heterocycles. The molecule has 0 atom stereocenters. The lowest BCUT2D eigenvalue weighted by Gasteiger charge is -2.33. The fraction of sp³-hybridized carbons (Fsp3) is 0.357. The zero-order valence-electron chi connectivity index (χ0n) is 13.0. The van der Waals surface area contributed by atoms with Crippen molar-refractivity contribution < 1.29 is 14.8 Å². The van der Waals surface area contributed by atoms with E-state index in [0.717, 1.165) is 13.1 Å². The van der Waals surface area contributed by atoms with Gasteiger partial charge in [0.2, 0.25) is 0 Å². The number of rotatable bonds is 4. The second-order valence-electron chi connectivity index (χ2n) is 5.57. The number of nitro groups is 1. The van der Waals surface area contributed by atoms with Crippen molar-refractivity contribution in [2.45, 2.75) is 0 Å². The Labute approximate surface area is 137 Å². The normalized spacial score (nSPS) is 15.5. The zero-order chi connectivity index (χ0) is 17.3. The lowest BCUT2D eigenvalue weighted by Crippen LogP contribution is -2.44. The molecule has 0 spiro atoms. The molecule has 1 N–H and O–H groups in total. The van der Waals surface area contributed by atoms with Crippen molar-refractivity contribution >= 4 is 17.3 Å². The number of carbonyl (C=O) groups is 1. The molecule has 1 aliphatic rings. The summed E-state index contributed by atoms with van der Waals surface area (Å²) in [5.74, 6) is -1.20. The number of nitro benzene ring substituents is 1. The van der Waals surface area contributed by atoms with Crippen LogP contribution in [-0.4, -0.2) is 69.1 Å². The first-order valence-corrected chi connectivity index (χ1v) is 7.33. The molecule has 2 heterocycles. The van der Waals surface area contributed by atoms with E-state index in [1.165, 1.54) is 16.9 Å². The van der Waals surface area contributed by atoms with Crippen LogP contribution in [0.1, 0.15) is 10.5 Å². The van der Waals surface area contributed by atoms with Gasteiger partial charge in [0.25, 0.3) is 5.69 Å². The van der Waals surface area contributed by atoms with Gasteiger partial charge in [0.05, 0.1) is 16.8 Å². The van der Waals surface area contributed by atoms with Crippen molar-refractivity contribution in [1.29, 1.82) is 0 Å². The Bertz CT molecular complexity index is 781. The largest absolute Gasteiger partial charge is 0.476 e. The summed E-state index contributed by atoms with van der Waals surface area (Å²) in [6.07, 6.45) is 1.22. The van der Waals surface area contributed by atoms with Crippen molar-refractivity contribution in [3.05, 3.63) is 40.2 Å². The molecule has 126 valence electrons. The molecule has 1 fully saturated rings. The van der Waals surface area contributed by atoms with E-state index in [4.69, 9.17) is 5.11 Å². The standard InChI is InChI=1S/C14H16N6O4/c1-17-4-6-18(7-5-17)12-3-2-10(8-13(12)20(23)24)19-9-11(14(21)22)15-16-19/h2-3,8-9H,4-7H2,1H3,(H,21,22). The first kappa shape index (κ1) is 15.9. The molecule has 3 rings (SSSR count). The number of carboxylic acid groups (broad SMARTS) is 1. The van der Waals surface area contributed by atoms with Crippen LogP contribution in [0.15, 0.2) is 24.4 Å². The minimum Gasteiger partial charge on any atom is -0.476 e. The van der Waals surface area contributed by atoms with Crippen molar-refractivity contribution in [3.8, 4) is 5.69 Å². The summed E-state index contributed by atoms with van der Waals surface area (Å²) in [6, 6.07) is 4.72. The fourth-order valence-corrected chi connectivity index (χ4v) is 2.60. The number of hydrogen-bond acceptors (Lipinski definition) is 7. The monoisotopic (exact) mass is 332 g/mol. The van der Waals surface area contributed by atoms with E-state index in [9.17, 15) is 14.9 Å². The van der Waals surface area contributed by atoms with Crippen LogP contribution in [-0.2, 0) is 0 Å². The third kappa shape index (κ3) is 3.04. The maximum Gasteiger partial charge on any atom is 0.358 e. The van der Waals surface area contributed by atoms with Crippen LogP contribution in [0, 0.1) is 10.1 Å². The maximum absolute atomic E-state index is 11.5. The van der Waals surface area contributed by atoms with Gasteiger partial charge in [-0.15, -0.1) is 5.10 Å². The number of piperazine rings is 1. The van der Waals surface area contributed by atoms with Gasteiger partial charge in [-0.05, 0) is 19.2 Å². The first-order valence-electron chi connectivity index (χ1n) is 7.33. The lowest BCUT2D eigenvalue weighted by atomic mass is 10.2. The second-order valence-corrected chi connectivity index (χ2v) is 5.57. The zero-order valence-corrected chi connectivity index (χ0v) is 13.0. The maximum atomic E-state index is 11.5. The van der Waals surface area contributed by atoms with Gasteiger partial charge < -0.3 is 14.9 Å². The molecular formula is C14H16N6O4. The summed E-state index contributed by atoms with van der Waals surface area (Å²) in [7, 11) is 2.01. The minimum absolute atomic E-state index is 0.0376. The Hall–Kier alpha value is -3.01. The number of benzene rings is 1. The Morgan fingerprint density at radius 1 is 1.29 bits per heavy atom. The first-order chi connectivity index (χ1) is 11.5. The number of likely N-dealkylation sites (N-methyl/N-ethyl adjacent to an activating group) is 1. The molecule has 10 heteroatoms. The van der Waals surface area contributed by atoms with Crippen LogP contribution in [0.5, 0.6) is 0 Å². The van der Waals surface area contributed by atoms with Crippen LogP contribution in [0.25, 0.3) is 5.69 Å². The van der Waals surface area contributed by atoms with Gasteiger partial charge in [-0.2, -0.15) is 0 Å². The second kappa shape index (κ2) is 6.24. The lowest BCUT2D eigenvalue weighted by molar-refractivity contribution is -0.384. The highest BCUT2D eigenvalue weighted by Crippen LogP contribution is 2.31. The predicted octanol–water partition coefficient (Wildman–Crippen LogP) is 0.625. The van der Waals surface area contributed by atoms with Crippen LogP contribution < -0.4 is 4.90 Å². The van der Waals surface area contributed by atoms with E-state index >= 15 is 0 Å². The Balaban J connectivity index is 1.95. The molecule has 1 saturated heterocycles. The van der Waals surface area contributed by atoms with Gasteiger partial charge in [-0.1, -0.05) is 5.21 Å². The van der Waals surface area contributed by atoms with Crippen LogP contribution in [0.3, 0.4) is 0 Å². The van der Waals surface area contributed by atoms with E-state index in [2.05, 4.69) is 15.2 Å². The van der Waals surface area contributed by atoms with E-state index in [1.807, 2.05) is 11.9 Å². The third-order valence-electron chi connectivity index (χ3n) is 3.98. The van der Waals surface area contributed by atoms with Gasteiger partial charge in [-0.25, -0.2) is 9.48 Å². The summed E-state index contributed by atoms with van der Waals surface area (Å²) in [6.45, 7) is 3.10. The summed E-state index contributed by atoms with van der Waals surface area (Å²) in [5, 5.41) is 27.6. The molecule has 0 amide bonds. The average molecular weight is 332 g/mol. The Morgan fingerprint density at radius 3 is 2.58 bits per heavy atom. The van der Waals surface area contributed by atoms with Gasteiger partial charge in [0.1, 0.15) is 5.69 Å². The highest BCUT2D eigenvalue weighted by atomic mass is 16.6. The molecule has 24 heavy (non-hydrogen) atoms. The molecule has 1 aliphatic heterocycles. The molecule has 2 aromatic rings. The highest BCUT2D eigenvalue weighted by Gasteiger charge is 2.23. The molecule has 0 aliphatic carbocycles. The smallest absolute Gasteiger partial charge is 0.358 e. The fourth-order valence-electron chi connectivity index (χ4n) is 2.60. The quantitative estimate of drug-likeness (QED) is 0.640. The molecule has 0 unspecified atom stereocenters. The average Bonchev–Trinajstić information content (AvgIpc) is 3.05. The van der Waals surface area contributed by atoms with E-state index in [0.29, 0.717) is 24.5 Å². The molecular weight excluding hydrogens is 316 g/mol. The van der Waals surface area contributed by atoms with Gasteiger partial charge in [0, 0.05) is 32.2 Å². The summed E-state index contributed by atoms with van der Waals surface area (Å²) >= 11 is 0. The topological polar surface area (TPSA) is 118 Å². The van der Waals surface area contributed by atoms with Crippen molar-refractivity contribution in [3.63, 3.8) is 0 Å². The SMILES string of the molecule is CN1CCN(c2ccc(-n3cc(C(=O)O)nn3)cc2[N+](=O)[O-])CC1. The number of anilines is 1. The van der Waals surface area contributed by atoms with E-state index in [-0.39, 0.29) is 11.4 Å². The summed E-state index contributed by atoms with van der Waals surface area (Å²) in [5.41, 5.74) is 0.681. The van der Waals surface area contributed by atoms with Gasteiger partial charge in [0.15, 0.2) is 5.69 Å². The van der Waals surface area contributed by atoms with E-state index < -0.39 is 10.9 Å². The summed E-state index contributed by atoms with van der Waals surface area (Å²) < 4.78 is 1.21. The summed E-state index contributed by atoms with van der Waals surface area (Å²) in [4.78, 5) is 26.0. The third-order valence-corrected chi connectivity index (χ3v) is 3.98. The molecule has 0 saturated carbocycles. The number of nitrogens with zero attached hydrogens (tertiary/aromatic N) is 6.